The van der Waals surface area contributed by atoms with Gasteiger partial charge in [0, 0.05) is 5.02 Å². The number of barbiturate groups is 1. The van der Waals surface area contributed by atoms with Crippen LogP contribution in [-0.4, -0.2) is 25.0 Å². The zero-order chi connectivity index (χ0) is 18.8. The second kappa shape index (κ2) is 7.01. The molecular weight excluding hydrogens is 356 g/mol. The van der Waals surface area contributed by atoms with E-state index < -0.39 is 17.8 Å². The molecule has 0 unspecified atom stereocenters. The number of nitrogens with zero attached hydrogens (tertiary/aromatic N) is 1. The molecule has 0 saturated carbocycles. The van der Waals surface area contributed by atoms with Crippen molar-refractivity contribution in [3.05, 3.63) is 64.2 Å². The van der Waals surface area contributed by atoms with E-state index in [0.717, 1.165) is 10.5 Å². The Morgan fingerprint density at radius 3 is 2.42 bits per heavy atom. The maximum atomic E-state index is 12.8. The molecule has 6 nitrogen and oxygen atoms in total. The average molecular weight is 371 g/mol. The van der Waals surface area contributed by atoms with Gasteiger partial charge in [-0.25, -0.2) is 9.69 Å². The molecule has 7 heteroatoms. The highest BCUT2D eigenvalue weighted by Crippen LogP contribution is 2.25. The van der Waals surface area contributed by atoms with Crippen molar-refractivity contribution < 1.29 is 19.1 Å². The number of aryl methyl sites for hydroxylation is 1. The van der Waals surface area contributed by atoms with E-state index in [0.29, 0.717) is 22.0 Å². The van der Waals surface area contributed by atoms with Gasteiger partial charge in [-0.2, -0.15) is 0 Å². The van der Waals surface area contributed by atoms with Gasteiger partial charge >= 0.3 is 6.03 Å². The molecule has 26 heavy (non-hydrogen) atoms. The van der Waals surface area contributed by atoms with Crippen molar-refractivity contribution >= 4 is 41.2 Å². The van der Waals surface area contributed by atoms with Crippen LogP contribution in [-0.2, 0) is 9.59 Å². The summed E-state index contributed by atoms with van der Waals surface area (Å²) in [6.07, 6.45) is 1.37. The van der Waals surface area contributed by atoms with Crippen LogP contribution in [0.4, 0.5) is 10.5 Å². The predicted octanol–water partition coefficient (Wildman–Crippen LogP) is 3.32. The number of methoxy groups -OCH3 is 1. The number of carbonyl (C=O) groups is 3. The Morgan fingerprint density at radius 2 is 1.77 bits per heavy atom. The van der Waals surface area contributed by atoms with E-state index in [-0.39, 0.29) is 5.57 Å². The van der Waals surface area contributed by atoms with Crippen LogP contribution in [0.25, 0.3) is 6.08 Å². The number of anilines is 1. The third-order valence-corrected chi connectivity index (χ3v) is 4.05. The highest BCUT2D eigenvalue weighted by molar-refractivity contribution is 6.39. The first-order valence-electron chi connectivity index (χ1n) is 7.72. The first-order valence-corrected chi connectivity index (χ1v) is 8.09. The number of benzene rings is 2. The lowest BCUT2D eigenvalue weighted by atomic mass is 10.1. The SMILES string of the molecule is COc1cc(Cl)cc(/C=C2\C(=O)NC(=O)N(c3ccc(C)cc3)C2=O)c1. The molecule has 2 aromatic carbocycles. The van der Waals surface area contributed by atoms with Crippen LogP contribution < -0.4 is 15.0 Å². The summed E-state index contributed by atoms with van der Waals surface area (Å²) in [5.74, 6) is -0.983. The topological polar surface area (TPSA) is 75.7 Å². The number of carbonyl (C=O) groups excluding carboxylic acids is 3. The summed E-state index contributed by atoms with van der Waals surface area (Å²) >= 11 is 6.02. The van der Waals surface area contributed by atoms with Gasteiger partial charge in [0.05, 0.1) is 12.8 Å². The van der Waals surface area contributed by atoms with E-state index in [2.05, 4.69) is 5.32 Å². The van der Waals surface area contributed by atoms with Crippen molar-refractivity contribution in [2.24, 2.45) is 0 Å². The maximum Gasteiger partial charge on any atom is 0.335 e. The Balaban J connectivity index is 2.02. The van der Waals surface area contributed by atoms with Gasteiger partial charge in [-0.05, 0) is 48.9 Å². The van der Waals surface area contributed by atoms with Crippen molar-refractivity contribution in [1.29, 1.82) is 0 Å². The van der Waals surface area contributed by atoms with E-state index >= 15 is 0 Å². The summed E-state index contributed by atoms with van der Waals surface area (Å²) in [4.78, 5) is 38.0. The summed E-state index contributed by atoms with van der Waals surface area (Å²) in [6.45, 7) is 1.89. The molecule has 0 spiro atoms. The third kappa shape index (κ3) is 3.45. The van der Waals surface area contributed by atoms with Crippen LogP contribution in [0, 0.1) is 6.92 Å². The lowest BCUT2D eigenvalue weighted by Gasteiger charge is -2.26. The first kappa shape index (κ1) is 17.7. The number of ether oxygens (including phenoxy) is 1. The van der Waals surface area contributed by atoms with Crippen LogP contribution in [0.1, 0.15) is 11.1 Å². The number of halogens is 1. The fraction of sp³-hybridized carbons (Fsp3) is 0.105. The molecule has 0 atom stereocenters. The summed E-state index contributed by atoms with van der Waals surface area (Å²) in [7, 11) is 1.48. The minimum absolute atomic E-state index is 0.172. The summed E-state index contributed by atoms with van der Waals surface area (Å²) in [5, 5.41) is 2.58. The predicted molar refractivity (Wildman–Crippen MR) is 98.2 cm³/mol. The van der Waals surface area contributed by atoms with Gasteiger partial charge in [0.25, 0.3) is 11.8 Å². The van der Waals surface area contributed by atoms with Crippen molar-refractivity contribution in [1.82, 2.24) is 5.32 Å². The molecule has 1 aliphatic rings. The Labute approximate surface area is 155 Å². The number of imide groups is 2. The normalized spacial score (nSPS) is 16.0. The molecule has 1 fully saturated rings. The minimum Gasteiger partial charge on any atom is -0.497 e. The number of rotatable bonds is 3. The quantitative estimate of drug-likeness (QED) is 0.664. The molecule has 0 aromatic heterocycles. The zero-order valence-electron chi connectivity index (χ0n) is 14.1. The monoisotopic (exact) mass is 370 g/mol. The molecule has 0 aliphatic carbocycles. The molecule has 1 heterocycles. The van der Waals surface area contributed by atoms with Crippen molar-refractivity contribution in [3.63, 3.8) is 0 Å². The molecular formula is C19H15ClN2O4. The van der Waals surface area contributed by atoms with E-state index in [1.807, 2.05) is 6.92 Å². The average Bonchev–Trinajstić information content (AvgIpc) is 2.59. The van der Waals surface area contributed by atoms with E-state index in [4.69, 9.17) is 16.3 Å². The number of hydrogen-bond acceptors (Lipinski definition) is 4. The summed E-state index contributed by atoms with van der Waals surface area (Å²) in [5.41, 5.74) is 1.69. The summed E-state index contributed by atoms with van der Waals surface area (Å²) in [6, 6.07) is 10.9. The fourth-order valence-electron chi connectivity index (χ4n) is 2.54. The fourth-order valence-corrected chi connectivity index (χ4v) is 2.77. The molecule has 132 valence electrons. The third-order valence-electron chi connectivity index (χ3n) is 3.83. The van der Waals surface area contributed by atoms with Crippen LogP contribution >= 0.6 is 11.6 Å². The van der Waals surface area contributed by atoms with E-state index in [9.17, 15) is 14.4 Å². The highest BCUT2D eigenvalue weighted by atomic mass is 35.5. The van der Waals surface area contributed by atoms with E-state index in [1.165, 1.54) is 13.2 Å². The molecule has 1 aliphatic heterocycles. The molecule has 2 aromatic rings. The lowest BCUT2D eigenvalue weighted by Crippen LogP contribution is -2.54. The molecule has 0 bridgehead atoms. The second-order valence-corrected chi connectivity index (χ2v) is 6.15. The van der Waals surface area contributed by atoms with Gasteiger partial charge in [0.2, 0.25) is 0 Å². The number of amides is 4. The maximum absolute atomic E-state index is 12.8. The van der Waals surface area contributed by atoms with Gasteiger partial charge in [-0.1, -0.05) is 29.3 Å². The lowest BCUT2D eigenvalue weighted by molar-refractivity contribution is -0.122. The van der Waals surface area contributed by atoms with E-state index in [1.54, 1.807) is 42.5 Å². The number of nitrogens with one attached hydrogen (secondary N) is 1. The molecule has 0 radical (unpaired) electrons. The van der Waals surface area contributed by atoms with Gasteiger partial charge in [-0.3, -0.25) is 14.9 Å². The van der Waals surface area contributed by atoms with Crippen LogP contribution in [0.15, 0.2) is 48.0 Å². The van der Waals surface area contributed by atoms with Crippen molar-refractivity contribution in [3.8, 4) is 5.75 Å². The van der Waals surface area contributed by atoms with Crippen molar-refractivity contribution in [2.75, 3.05) is 12.0 Å². The van der Waals surface area contributed by atoms with Crippen LogP contribution in [0.3, 0.4) is 0 Å². The Bertz CT molecular complexity index is 935. The largest absolute Gasteiger partial charge is 0.497 e. The first-order chi connectivity index (χ1) is 12.4. The Morgan fingerprint density at radius 1 is 1.08 bits per heavy atom. The second-order valence-electron chi connectivity index (χ2n) is 5.72. The van der Waals surface area contributed by atoms with Crippen LogP contribution in [0.2, 0.25) is 5.02 Å². The zero-order valence-corrected chi connectivity index (χ0v) is 14.8. The standard InChI is InChI=1S/C19H15ClN2O4/c1-11-3-5-14(6-4-11)22-18(24)16(17(23)21-19(22)25)9-12-7-13(20)10-15(8-12)26-2/h3-10H,1-2H3,(H,21,23,25)/b16-9+. The smallest absolute Gasteiger partial charge is 0.335 e. The number of hydrogen-bond donors (Lipinski definition) is 1. The van der Waals surface area contributed by atoms with Crippen molar-refractivity contribution in [2.45, 2.75) is 6.92 Å². The van der Waals surface area contributed by atoms with Gasteiger partial charge < -0.3 is 4.74 Å². The highest BCUT2D eigenvalue weighted by Gasteiger charge is 2.36. The molecule has 1 N–H and O–H groups in total. The minimum atomic E-state index is -0.787. The Hall–Kier alpha value is -3.12. The van der Waals surface area contributed by atoms with Gasteiger partial charge in [0.15, 0.2) is 0 Å². The molecule has 4 amide bonds. The molecule has 3 rings (SSSR count). The number of urea groups is 1. The molecule has 1 saturated heterocycles. The van der Waals surface area contributed by atoms with Crippen LogP contribution in [0.5, 0.6) is 5.75 Å². The Kier molecular flexibility index (Phi) is 4.77. The summed E-state index contributed by atoms with van der Waals surface area (Å²) < 4.78 is 5.13. The van der Waals surface area contributed by atoms with Gasteiger partial charge in [-0.15, -0.1) is 0 Å². The van der Waals surface area contributed by atoms with Gasteiger partial charge in [0.1, 0.15) is 11.3 Å².